The summed E-state index contributed by atoms with van der Waals surface area (Å²) in [5, 5.41) is 10.2. The van der Waals surface area contributed by atoms with Gasteiger partial charge in [0.05, 0.1) is 16.8 Å². The van der Waals surface area contributed by atoms with Gasteiger partial charge in [0.1, 0.15) is 0 Å². The maximum Gasteiger partial charge on any atom is 0.352 e. The summed E-state index contributed by atoms with van der Waals surface area (Å²) >= 11 is 0. The van der Waals surface area contributed by atoms with Crippen LogP contribution in [0.2, 0.25) is 18.1 Å². The lowest BCUT2D eigenvalue weighted by atomic mass is 9.40. The Kier molecular flexibility index (Phi) is 8.64. The van der Waals surface area contributed by atoms with Crippen molar-refractivity contribution in [3.63, 3.8) is 0 Å². The number of nitrogens with zero attached hydrogens (tertiary/aromatic N) is 3. The maximum atomic E-state index is 15.1. The van der Waals surface area contributed by atoms with Crippen molar-refractivity contribution in [2.45, 2.75) is 148 Å². The second-order valence-electron chi connectivity index (χ2n) is 19.7. The van der Waals surface area contributed by atoms with E-state index in [1.165, 1.54) is 4.57 Å². The number of allylic oxidation sites excluding steroid dienone is 2. The van der Waals surface area contributed by atoms with Crippen molar-refractivity contribution in [2.24, 2.45) is 46.3 Å². The number of benzene rings is 1. The van der Waals surface area contributed by atoms with E-state index in [1.54, 1.807) is 0 Å². The van der Waals surface area contributed by atoms with Gasteiger partial charge >= 0.3 is 11.4 Å². The first kappa shape index (κ1) is 36.2. The molecule has 276 valence electrons. The Morgan fingerprint density at radius 1 is 0.900 bits per heavy atom. The number of fused-ring (bicyclic) bond motifs is 1. The molecule has 1 N–H and O–H groups in total. The summed E-state index contributed by atoms with van der Waals surface area (Å²) in [5.74, 6) is 2.43. The van der Waals surface area contributed by atoms with Crippen molar-refractivity contribution >= 4 is 8.32 Å². The van der Waals surface area contributed by atoms with Crippen LogP contribution in [0, 0.1) is 46.3 Å². The molecule has 10 atom stereocenters. The molecule has 8 heteroatoms. The highest BCUT2D eigenvalue weighted by Gasteiger charge is 2.75. The molecule has 7 nitrogen and oxygen atoms in total. The third kappa shape index (κ3) is 4.78. The van der Waals surface area contributed by atoms with Crippen LogP contribution in [0.5, 0.6) is 0 Å². The number of aliphatic hydroxyl groups is 1. The monoisotopic (exact) mass is 703 g/mol. The highest BCUT2D eigenvalue weighted by molar-refractivity contribution is 6.74. The van der Waals surface area contributed by atoms with Gasteiger partial charge in [-0.1, -0.05) is 92.2 Å². The first-order chi connectivity index (χ1) is 23.4. The second kappa shape index (κ2) is 11.9. The van der Waals surface area contributed by atoms with E-state index in [2.05, 4.69) is 80.6 Å². The molecule has 8 rings (SSSR count). The minimum atomic E-state index is -2.07. The third-order valence-corrected chi connectivity index (χ3v) is 20.8. The van der Waals surface area contributed by atoms with E-state index in [0.29, 0.717) is 29.4 Å². The first-order valence-corrected chi connectivity index (χ1v) is 22.8. The van der Waals surface area contributed by atoms with E-state index in [0.717, 1.165) is 57.8 Å². The summed E-state index contributed by atoms with van der Waals surface area (Å²) in [6, 6.07) is 9.58. The van der Waals surface area contributed by atoms with Crippen LogP contribution in [0.25, 0.3) is 5.69 Å². The smallest absolute Gasteiger partial charge is 0.352 e. The molecule has 3 saturated carbocycles. The SMILES string of the molecule is CC(C)C(CO)CC[C@@H](C)[C@H]1CC[C@@H]2[C@]1(C)CC[C@H]1[C@]23C=C[C@]2(C[C@@H](O[Si](C)(C)C(C)(C)C)CC[C@]12C)n1c(=O)n(-c2ccccc2)c(=O)n13. The predicted molar refractivity (Wildman–Crippen MR) is 204 cm³/mol. The normalized spacial score (nSPS) is 37.3. The van der Waals surface area contributed by atoms with Gasteiger partial charge in [0.25, 0.3) is 0 Å². The number of aliphatic hydroxyl groups excluding tert-OH is 1. The van der Waals surface area contributed by atoms with E-state index in [4.69, 9.17) is 4.43 Å². The first-order valence-electron chi connectivity index (χ1n) is 19.9. The molecule has 6 aliphatic rings. The minimum absolute atomic E-state index is 0.0360. The van der Waals surface area contributed by atoms with Crippen molar-refractivity contribution < 1.29 is 9.53 Å². The molecular formula is C42H65N3O4Si. The van der Waals surface area contributed by atoms with Crippen LogP contribution in [0.15, 0.2) is 52.1 Å². The molecule has 2 bridgehead atoms. The third-order valence-electron chi connectivity index (χ3n) is 16.2. The van der Waals surface area contributed by atoms with Crippen LogP contribution >= 0.6 is 0 Å². The fourth-order valence-corrected chi connectivity index (χ4v) is 13.8. The lowest BCUT2D eigenvalue weighted by molar-refractivity contribution is -0.199. The molecule has 0 saturated heterocycles. The second-order valence-corrected chi connectivity index (χ2v) is 24.5. The van der Waals surface area contributed by atoms with Crippen LogP contribution < -0.4 is 11.4 Å². The van der Waals surface area contributed by atoms with E-state index in [-0.39, 0.29) is 51.8 Å². The fourth-order valence-electron chi connectivity index (χ4n) is 12.4. The van der Waals surface area contributed by atoms with Crippen molar-refractivity contribution in [1.29, 1.82) is 0 Å². The zero-order valence-electron chi connectivity index (χ0n) is 32.7. The lowest BCUT2D eigenvalue weighted by Gasteiger charge is -2.71. The van der Waals surface area contributed by atoms with Crippen LogP contribution in [0.4, 0.5) is 0 Å². The van der Waals surface area contributed by atoms with Gasteiger partial charge in [-0.15, -0.1) is 0 Å². The summed E-state index contributed by atoms with van der Waals surface area (Å²) < 4.78 is 12.6. The zero-order chi connectivity index (χ0) is 36.2. The highest BCUT2D eigenvalue weighted by atomic mass is 28.4. The Labute approximate surface area is 301 Å². The standard InChI is InChI=1S/C42H65N3O4Si/c1-28(2)30(27-46)17-16-29(3)33-18-19-34-39(33,7)22-21-35-40(8)23-20-32(49-50(9,10)38(4,5)6)26-41(40)24-25-42(34,35)45-37(48)43(36(47)44(41)45)31-14-12-11-13-15-31/h11-15,24-25,28-30,32-35,46H,16-23,26-27H2,1-10H3/t29-,30?,32+,33-,34-,35-,39-,40-,41-,42+/m1/s1. The van der Waals surface area contributed by atoms with Crippen molar-refractivity contribution in [2.75, 3.05) is 6.61 Å². The van der Waals surface area contributed by atoms with E-state index in [9.17, 15) is 5.11 Å². The zero-order valence-corrected chi connectivity index (χ0v) is 33.7. The molecule has 1 unspecified atom stereocenters. The van der Waals surface area contributed by atoms with E-state index < -0.39 is 19.4 Å². The van der Waals surface area contributed by atoms with Crippen molar-refractivity contribution in [3.05, 3.63) is 63.5 Å². The molecule has 2 aliphatic heterocycles. The van der Waals surface area contributed by atoms with Gasteiger partial charge in [0.15, 0.2) is 8.32 Å². The topological polar surface area (TPSA) is 78.4 Å². The number of rotatable bonds is 9. The van der Waals surface area contributed by atoms with Gasteiger partial charge < -0.3 is 9.53 Å². The Bertz CT molecular complexity index is 1750. The molecule has 50 heavy (non-hydrogen) atoms. The number of hydrogen-bond acceptors (Lipinski definition) is 4. The van der Waals surface area contributed by atoms with E-state index in [1.807, 2.05) is 39.7 Å². The van der Waals surface area contributed by atoms with Crippen LogP contribution in [0.1, 0.15) is 113 Å². The average Bonchev–Trinajstić information content (AvgIpc) is 3.55. The van der Waals surface area contributed by atoms with Crippen LogP contribution in [-0.4, -0.2) is 40.1 Å². The molecule has 1 aromatic carbocycles. The van der Waals surface area contributed by atoms with Gasteiger partial charge in [0, 0.05) is 24.5 Å². The summed E-state index contributed by atoms with van der Waals surface area (Å²) in [6.45, 7) is 23.7. The van der Waals surface area contributed by atoms with Crippen LogP contribution in [-0.2, 0) is 15.5 Å². The van der Waals surface area contributed by atoms with Gasteiger partial charge in [-0.25, -0.2) is 23.5 Å². The highest BCUT2D eigenvalue weighted by Crippen LogP contribution is 2.74. The molecule has 0 amide bonds. The minimum Gasteiger partial charge on any atom is -0.414 e. The van der Waals surface area contributed by atoms with Gasteiger partial charge in [-0.05, 0) is 116 Å². The summed E-state index contributed by atoms with van der Waals surface area (Å²) in [6.07, 6.45) is 14.2. The molecule has 3 fully saturated rings. The molecule has 1 aromatic heterocycles. The molecular weight excluding hydrogens is 639 g/mol. The van der Waals surface area contributed by atoms with Crippen molar-refractivity contribution in [3.8, 4) is 5.69 Å². The quantitative estimate of drug-likeness (QED) is 0.210. The maximum absolute atomic E-state index is 15.1. The number of para-hydroxylation sites is 1. The summed E-state index contributed by atoms with van der Waals surface area (Å²) in [5.41, 5.74) is -1.05. The van der Waals surface area contributed by atoms with Gasteiger partial charge in [-0.2, -0.15) is 0 Å². The molecule has 2 spiro atoms. The average molecular weight is 704 g/mol. The predicted octanol–water partition coefficient (Wildman–Crippen LogP) is 8.48. The Morgan fingerprint density at radius 2 is 1.58 bits per heavy atom. The molecule has 4 aliphatic carbocycles. The van der Waals surface area contributed by atoms with Gasteiger partial charge in [-0.3, -0.25) is 0 Å². The Morgan fingerprint density at radius 3 is 2.22 bits per heavy atom. The number of aromatic nitrogens is 3. The Balaban J connectivity index is 1.37. The van der Waals surface area contributed by atoms with Crippen molar-refractivity contribution in [1.82, 2.24) is 13.9 Å². The van der Waals surface area contributed by atoms with E-state index >= 15 is 9.59 Å². The fraction of sp³-hybridized carbons (Fsp3) is 0.762. The largest absolute Gasteiger partial charge is 0.414 e. The Hall–Kier alpha value is -2.16. The van der Waals surface area contributed by atoms with Gasteiger partial charge in [0.2, 0.25) is 0 Å². The number of hydrogen-bond donors (Lipinski definition) is 1. The molecule has 0 radical (unpaired) electrons. The molecule has 3 heterocycles. The lowest BCUT2D eigenvalue weighted by Crippen LogP contribution is -2.76. The summed E-state index contributed by atoms with van der Waals surface area (Å²) in [7, 11) is -2.07. The van der Waals surface area contributed by atoms with Crippen LogP contribution in [0.3, 0.4) is 0 Å². The molecule has 2 aromatic rings. The summed E-state index contributed by atoms with van der Waals surface area (Å²) in [4.78, 5) is 30.1.